The summed E-state index contributed by atoms with van der Waals surface area (Å²) in [4.78, 5) is 0. The lowest BCUT2D eigenvalue weighted by Gasteiger charge is -2.18. The fourth-order valence-electron chi connectivity index (χ4n) is 2.07. The second kappa shape index (κ2) is 6.31. The summed E-state index contributed by atoms with van der Waals surface area (Å²) in [6.45, 7) is 1.52. The Morgan fingerprint density at radius 3 is 2.50 bits per heavy atom. The predicted octanol–water partition coefficient (Wildman–Crippen LogP) is 3.67. The van der Waals surface area contributed by atoms with E-state index < -0.39 is 17.7 Å². The van der Waals surface area contributed by atoms with E-state index in [1.54, 1.807) is 6.07 Å². The molecule has 2 aromatic carbocycles. The Hall–Kier alpha value is -1.49. The van der Waals surface area contributed by atoms with Crippen LogP contribution in [0, 0.1) is 18.6 Å². The number of nitrogens with one attached hydrogen (secondary N) is 1. The Morgan fingerprint density at radius 2 is 1.85 bits per heavy atom. The van der Waals surface area contributed by atoms with Gasteiger partial charge in [-0.05, 0) is 30.5 Å². The number of hydrazine groups is 1. The molecule has 0 aliphatic heterocycles. The van der Waals surface area contributed by atoms with E-state index in [1.807, 2.05) is 18.2 Å². The van der Waals surface area contributed by atoms with E-state index in [0.717, 1.165) is 5.56 Å². The monoisotopic (exact) mass is 296 g/mol. The SMILES string of the molecule is Cc1ccc(C(Cc2ccccc2Cl)NN)c(F)c1F. The van der Waals surface area contributed by atoms with Gasteiger partial charge in [0.1, 0.15) is 0 Å². The molecular formula is C15H15ClF2N2. The van der Waals surface area contributed by atoms with Crippen molar-refractivity contribution in [3.05, 3.63) is 69.7 Å². The topological polar surface area (TPSA) is 38.0 Å². The summed E-state index contributed by atoms with van der Waals surface area (Å²) in [7, 11) is 0. The predicted molar refractivity (Wildman–Crippen MR) is 76.3 cm³/mol. The first-order chi connectivity index (χ1) is 9.54. The zero-order valence-electron chi connectivity index (χ0n) is 11.0. The van der Waals surface area contributed by atoms with Gasteiger partial charge in [0.05, 0.1) is 6.04 Å². The molecule has 0 aliphatic carbocycles. The van der Waals surface area contributed by atoms with E-state index in [1.165, 1.54) is 19.1 Å². The third kappa shape index (κ3) is 2.98. The van der Waals surface area contributed by atoms with Gasteiger partial charge in [-0.25, -0.2) is 8.78 Å². The van der Waals surface area contributed by atoms with Crippen LogP contribution in [0.15, 0.2) is 36.4 Å². The maximum absolute atomic E-state index is 14.0. The molecule has 2 rings (SSSR count). The normalized spacial score (nSPS) is 12.4. The standard InChI is InChI=1S/C15H15ClF2N2/c1-9-6-7-11(15(18)14(9)17)13(20-19)8-10-4-2-3-5-12(10)16/h2-7,13,20H,8,19H2,1H3. The fraction of sp³-hybridized carbons (Fsp3) is 0.200. The first kappa shape index (κ1) is 14.9. The number of hydrogen-bond acceptors (Lipinski definition) is 2. The molecule has 2 aromatic rings. The third-order valence-corrected chi connectivity index (χ3v) is 3.63. The number of halogens is 3. The van der Waals surface area contributed by atoms with Crippen LogP contribution in [-0.4, -0.2) is 0 Å². The van der Waals surface area contributed by atoms with Crippen molar-refractivity contribution in [1.29, 1.82) is 0 Å². The van der Waals surface area contributed by atoms with Crippen LogP contribution in [0.1, 0.15) is 22.7 Å². The zero-order chi connectivity index (χ0) is 14.7. The maximum atomic E-state index is 14.0. The molecule has 1 atom stereocenters. The molecule has 0 aliphatic rings. The minimum Gasteiger partial charge on any atom is -0.271 e. The van der Waals surface area contributed by atoms with Crippen molar-refractivity contribution in [3.63, 3.8) is 0 Å². The Morgan fingerprint density at radius 1 is 1.15 bits per heavy atom. The summed E-state index contributed by atoms with van der Waals surface area (Å²) >= 11 is 6.07. The molecule has 0 amide bonds. The highest BCUT2D eigenvalue weighted by Gasteiger charge is 2.19. The molecule has 20 heavy (non-hydrogen) atoms. The van der Waals surface area contributed by atoms with Crippen LogP contribution in [0.2, 0.25) is 5.02 Å². The Kier molecular flexibility index (Phi) is 4.70. The van der Waals surface area contributed by atoms with Crippen molar-refractivity contribution >= 4 is 11.6 Å². The molecule has 0 spiro atoms. The van der Waals surface area contributed by atoms with Gasteiger partial charge in [0.2, 0.25) is 0 Å². The van der Waals surface area contributed by atoms with Crippen molar-refractivity contribution in [3.8, 4) is 0 Å². The maximum Gasteiger partial charge on any atom is 0.163 e. The first-order valence-electron chi connectivity index (χ1n) is 6.18. The Labute approximate surface area is 121 Å². The molecule has 0 bridgehead atoms. The minimum absolute atomic E-state index is 0.190. The average molecular weight is 297 g/mol. The van der Waals surface area contributed by atoms with Crippen LogP contribution < -0.4 is 11.3 Å². The summed E-state index contributed by atoms with van der Waals surface area (Å²) < 4.78 is 27.6. The number of aryl methyl sites for hydroxylation is 1. The summed E-state index contributed by atoms with van der Waals surface area (Å²) in [6, 6.07) is 9.74. The van der Waals surface area contributed by atoms with Crippen LogP contribution in [0.4, 0.5) is 8.78 Å². The second-order valence-corrected chi connectivity index (χ2v) is 5.02. The van der Waals surface area contributed by atoms with Crippen LogP contribution >= 0.6 is 11.6 Å². The van der Waals surface area contributed by atoms with Gasteiger partial charge < -0.3 is 0 Å². The van der Waals surface area contributed by atoms with Gasteiger partial charge >= 0.3 is 0 Å². The molecule has 0 fully saturated rings. The van der Waals surface area contributed by atoms with E-state index in [0.29, 0.717) is 11.4 Å². The molecule has 0 radical (unpaired) electrons. The van der Waals surface area contributed by atoms with Gasteiger partial charge in [0, 0.05) is 10.6 Å². The molecule has 0 saturated carbocycles. The lowest BCUT2D eigenvalue weighted by atomic mass is 9.97. The molecule has 0 saturated heterocycles. The van der Waals surface area contributed by atoms with Crippen LogP contribution in [0.3, 0.4) is 0 Å². The van der Waals surface area contributed by atoms with Gasteiger partial charge in [-0.3, -0.25) is 11.3 Å². The minimum atomic E-state index is -0.875. The zero-order valence-corrected chi connectivity index (χ0v) is 11.7. The quantitative estimate of drug-likeness (QED) is 0.667. The van der Waals surface area contributed by atoms with Gasteiger partial charge in [-0.15, -0.1) is 0 Å². The van der Waals surface area contributed by atoms with Crippen molar-refractivity contribution in [2.24, 2.45) is 5.84 Å². The van der Waals surface area contributed by atoms with Crippen molar-refractivity contribution in [2.75, 3.05) is 0 Å². The van der Waals surface area contributed by atoms with Crippen LogP contribution in [-0.2, 0) is 6.42 Å². The molecule has 0 aromatic heterocycles. The van der Waals surface area contributed by atoms with Crippen LogP contribution in [0.25, 0.3) is 0 Å². The van der Waals surface area contributed by atoms with Gasteiger partial charge in [0.15, 0.2) is 11.6 Å². The Bertz CT molecular complexity index is 617. The number of nitrogens with two attached hydrogens (primary N) is 1. The van der Waals surface area contributed by atoms with Gasteiger partial charge in [0.25, 0.3) is 0 Å². The summed E-state index contributed by atoms with van der Waals surface area (Å²) in [5.74, 6) is 3.76. The highest BCUT2D eigenvalue weighted by molar-refractivity contribution is 6.31. The van der Waals surface area contributed by atoms with Crippen molar-refractivity contribution in [2.45, 2.75) is 19.4 Å². The van der Waals surface area contributed by atoms with Gasteiger partial charge in [-0.2, -0.15) is 0 Å². The second-order valence-electron chi connectivity index (χ2n) is 4.61. The van der Waals surface area contributed by atoms with E-state index in [-0.39, 0.29) is 11.1 Å². The van der Waals surface area contributed by atoms with Crippen LogP contribution in [0.5, 0.6) is 0 Å². The third-order valence-electron chi connectivity index (χ3n) is 3.26. The molecule has 3 N–H and O–H groups in total. The average Bonchev–Trinajstić information content (AvgIpc) is 2.45. The number of rotatable bonds is 4. The Balaban J connectivity index is 2.34. The summed E-state index contributed by atoms with van der Waals surface area (Å²) in [5.41, 5.74) is 3.79. The smallest absolute Gasteiger partial charge is 0.163 e. The molecular weight excluding hydrogens is 282 g/mol. The highest BCUT2D eigenvalue weighted by atomic mass is 35.5. The molecule has 2 nitrogen and oxygen atoms in total. The fourth-order valence-corrected chi connectivity index (χ4v) is 2.29. The lowest BCUT2D eigenvalue weighted by Crippen LogP contribution is -2.30. The number of hydrogen-bond donors (Lipinski definition) is 2. The van der Waals surface area contributed by atoms with Crippen molar-refractivity contribution in [1.82, 2.24) is 5.43 Å². The lowest BCUT2D eigenvalue weighted by molar-refractivity contribution is 0.461. The van der Waals surface area contributed by atoms with Crippen molar-refractivity contribution < 1.29 is 8.78 Å². The summed E-state index contributed by atoms with van der Waals surface area (Å²) in [5, 5.41) is 0.570. The summed E-state index contributed by atoms with van der Waals surface area (Å²) in [6.07, 6.45) is 0.371. The van der Waals surface area contributed by atoms with E-state index in [9.17, 15) is 8.78 Å². The molecule has 106 valence electrons. The molecule has 5 heteroatoms. The largest absolute Gasteiger partial charge is 0.271 e. The molecule has 0 heterocycles. The number of benzene rings is 2. The van der Waals surface area contributed by atoms with E-state index >= 15 is 0 Å². The van der Waals surface area contributed by atoms with Gasteiger partial charge in [-0.1, -0.05) is 41.9 Å². The first-order valence-corrected chi connectivity index (χ1v) is 6.56. The highest BCUT2D eigenvalue weighted by Crippen LogP contribution is 2.26. The molecule has 1 unspecified atom stereocenters. The van der Waals surface area contributed by atoms with E-state index in [4.69, 9.17) is 17.4 Å². The van der Waals surface area contributed by atoms with E-state index in [2.05, 4.69) is 5.43 Å².